The predicted octanol–water partition coefficient (Wildman–Crippen LogP) is 1.60. The lowest BCUT2D eigenvalue weighted by Crippen LogP contribution is -2.29. The Balaban J connectivity index is 2.86. The zero-order valence-electron chi connectivity index (χ0n) is 14.2. The first-order chi connectivity index (χ1) is 11.7. The van der Waals surface area contributed by atoms with Gasteiger partial charge in [0.05, 0.1) is 22.6 Å². The van der Waals surface area contributed by atoms with Gasteiger partial charge in [0.1, 0.15) is 0 Å². The molecule has 0 heterocycles. The van der Waals surface area contributed by atoms with Crippen LogP contribution in [-0.2, 0) is 24.4 Å². The Morgan fingerprint density at radius 1 is 1.32 bits per heavy atom. The summed E-state index contributed by atoms with van der Waals surface area (Å²) < 4.78 is 29.9. The van der Waals surface area contributed by atoms with Crippen molar-refractivity contribution in [2.75, 3.05) is 27.3 Å². The molecule has 0 aliphatic carbocycles. The standard InChI is InChI=1S/C15H21ClN2O6S/c1-4-5-8-17-14(19)10-24-15(20)12-9-11(6-7-13(12)16)25(21,22)18(2)23-3/h6-7,9H,4-5,8,10H2,1-3H3,(H,17,19). The van der Waals surface area contributed by atoms with Gasteiger partial charge in [-0.05, 0) is 24.6 Å². The molecule has 1 aromatic carbocycles. The van der Waals surface area contributed by atoms with E-state index in [-0.39, 0.29) is 15.5 Å². The van der Waals surface area contributed by atoms with E-state index in [2.05, 4.69) is 10.2 Å². The first-order valence-electron chi connectivity index (χ1n) is 7.50. The number of rotatable bonds is 9. The molecule has 0 saturated heterocycles. The second kappa shape index (κ2) is 9.71. The topological polar surface area (TPSA) is 102 Å². The number of amides is 1. The number of nitrogens with one attached hydrogen (secondary N) is 1. The highest BCUT2D eigenvalue weighted by atomic mass is 35.5. The van der Waals surface area contributed by atoms with Crippen LogP contribution >= 0.6 is 11.6 Å². The van der Waals surface area contributed by atoms with Gasteiger partial charge in [-0.15, -0.1) is 0 Å². The van der Waals surface area contributed by atoms with Gasteiger partial charge in [-0.2, -0.15) is 0 Å². The van der Waals surface area contributed by atoms with Crippen molar-refractivity contribution in [1.29, 1.82) is 0 Å². The van der Waals surface area contributed by atoms with Gasteiger partial charge in [0.2, 0.25) is 0 Å². The van der Waals surface area contributed by atoms with Crippen molar-refractivity contribution in [1.82, 2.24) is 9.79 Å². The molecular weight excluding hydrogens is 372 g/mol. The maximum Gasteiger partial charge on any atom is 0.340 e. The molecule has 1 N–H and O–H groups in total. The maximum absolute atomic E-state index is 12.2. The number of benzene rings is 1. The Hall–Kier alpha value is -1.68. The number of hydroxylamine groups is 1. The molecule has 1 rings (SSSR count). The number of sulfonamides is 1. The molecule has 0 bridgehead atoms. The predicted molar refractivity (Wildman–Crippen MR) is 91.6 cm³/mol. The third-order valence-corrected chi connectivity index (χ3v) is 5.24. The van der Waals surface area contributed by atoms with Crippen molar-refractivity contribution in [3.05, 3.63) is 28.8 Å². The van der Waals surface area contributed by atoms with Gasteiger partial charge in [-0.3, -0.25) is 9.63 Å². The van der Waals surface area contributed by atoms with Gasteiger partial charge in [-0.1, -0.05) is 29.4 Å². The minimum Gasteiger partial charge on any atom is -0.452 e. The third-order valence-electron chi connectivity index (χ3n) is 3.24. The van der Waals surface area contributed by atoms with Crippen LogP contribution < -0.4 is 5.32 Å². The molecule has 1 aromatic rings. The minimum atomic E-state index is -3.94. The summed E-state index contributed by atoms with van der Waals surface area (Å²) in [7, 11) is -1.54. The number of nitrogens with zero attached hydrogens (tertiary/aromatic N) is 1. The second-order valence-electron chi connectivity index (χ2n) is 5.02. The SMILES string of the molecule is CCCCNC(=O)COC(=O)c1cc(S(=O)(=O)N(C)OC)ccc1Cl. The summed E-state index contributed by atoms with van der Waals surface area (Å²) >= 11 is 5.93. The molecule has 0 aromatic heterocycles. The van der Waals surface area contributed by atoms with E-state index >= 15 is 0 Å². The van der Waals surface area contributed by atoms with E-state index in [0.717, 1.165) is 18.9 Å². The van der Waals surface area contributed by atoms with E-state index in [1.165, 1.54) is 26.3 Å². The number of hydrogen-bond acceptors (Lipinski definition) is 6. The van der Waals surface area contributed by atoms with Gasteiger partial charge in [-0.25, -0.2) is 13.2 Å². The molecule has 0 aliphatic rings. The number of unbranched alkanes of at least 4 members (excludes halogenated alkanes) is 1. The molecule has 0 spiro atoms. The van der Waals surface area contributed by atoms with Crippen molar-refractivity contribution in [2.45, 2.75) is 24.7 Å². The molecule has 140 valence electrons. The fourth-order valence-corrected chi connectivity index (χ4v) is 2.93. The van der Waals surface area contributed by atoms with E-state index in [0.29, 0.717) is 11.0 Å². The Morgan fingerprint density at radius 3 is 2.60 bits per heavy atom. The normalized spacial score (nSPS) is 11.4. The number of ether oxygens (including phenoxy) is 1. The average Bonchev–Trinajstić information content (AvgIpc) is 2.59. The molecule has 25 heavy (non-hydrogen) atoms. The van der Waals surface area contributed by atoms with Crippen LogP contribution in [0.4, 0.5) is 0 Å². The van der Waals surface area contributed by atoms with Crippen molar-refractivity contribution in [3.63, 3.8) is 0 Å². The molecule has 0 aliphatic heterocycles. The largest absolute Gasteiger partial charge is 0.452 e. The summed E-state index contributed by atoms with van der Waals surface area (Å²) in [5.41, 5.74) is -0.159. The molecule has 0 unspecified atom stereocenters. The van der Waals surface area contributed by atoms with Crippen LogP contribution in [0.25, 0.3) is 0 Å². The first-order valence-corrected chi connectivity index (χ1v) is 9.32. The summed E-state index contributed by atoms with van der Waals surface area (Å²) in [6.07, 6.45) is 1.74. The summed E-state index contributed by atoms with van der Waals surface area (Å²) in [4.78, 5) is 28.1. The Labute approximate surface area is 152 Å². The maximum atomic E-state index is 12.2. The number of carbonyl (C=O) groups excluding carboxylic acids is 2. The second-order valence-corrected chi connectivity index (χ2v) is 7.36. The fourth-order valence-electron chi connectivity index (χ4n) is 1.73. The van der Waals surface area contributed by atoms with Gasteiger partial charge < -0.3 is 10.1 Å². The zero-order valence-corrected chi connectivity index (χ0v) is 15.8. The monoisotopic (exact) mass is 392 g/mol. The van der Waals surface area contributed by atoms with Crippen LogP contribution in [0, 0.1) is 0 Å². The van der Waals surface area contributed by atoms with Gasteiger partial charge in [0.15, 0.2) is 6.61 Å². The van der Waals surface area contributed by atoms with Gasteiger partial charge in [0, 0.05) is 13.6 Å². The summed E-state index contributed by atoms with van der Waals surface area (Å²) in [6, 6.07) is 3.57. The van der Waals surface area contributed by atoms with E-state index in [4.69, 9.17) is 16.3 Å². The molecule has 0 radical (unpaired) electrons. The Bertz CT molecular complexity index is 723. The molecule has 10 heteroatoms. The van der Waals surface area contributed by atoms with Gasteiger partial charge in [0.25, 0.3) is 15.9 Å². The summed E-state index contributed by atoms with van der Waals surface area (Å²) in [5.74, 6) is -1.34. The van der Waals surface area contributed by atoms with Gasteiger partial charge >= 0.3 is 5.97 Å². The van der Waals surface area contributed by atoms with Crippen molar-refractivity contribution < 1.29 is 27.6 Å². The molecule has 0 atom stereocenters. The zero-order chi connectivity index (χ0) is 19.0. The summed E-state index contributed by atoms with van der Waals surface area (Å²) in [6.45, 7) is 1.99. The van der Waals surface area contributed by atoms with Crippen LogP contribution in [0.1, 0.15) is 30.1 Å². The number of esters is 1. The van der Waals surface area contributed by atoms with Crippen LogP contribution in [0.5, 0.6) is 0 Å². The number of hydrogen-bond donors (Lipinski definition) is 1. The molecule has 0 saturated carbocycles. The molecule has 0 fully saturated rings. The minimum absolute atomic E-state index is 0.00964. The third kappa shape index (κ3) is 5.96. The van der Waals surface area contributed by atoms with Crippen molar-refractivity contribution in [2.24, 2.45) is 0 Å². The highest BCUT2D eigenvalue weighted by Gasteiger charge is 2.24. The first kappa shape index (κ1) is 21.4. The molecule has 1 amide bonds. The fraction of sp³-hybridized carbons (Fsp3) is 0.467. The lowest BCUT2D eigenvalue weighted by atomic mass is 10.2. The lowest BCUT2D eigenvalue weighted by molar-refractivity contribution is -0.124. The lowest BCUT2D eigenvalue weighted by Gasteiger charge is -2.15. The quantitative estimate of drug-likeness (QED) is 0.389. The van der Waals surface area contributed by atoms with Crippen LogP contribution in [0.15, 0.2) is 23.1 Å². The van der Waals surface area contributed by atoms with E-state index < -0.39 is 28.5 Å². The summed E-state index contributed by atoms with van der Waals surface area (Å²) in [5, 5.41) is 2.60. The highest BCUT2D eigenvalue weighted by molar-refractivity contribution is 7.89. The van der Waals surface area contributed by atoms with E-state index in [1.54, 1.807) is 0 Å². The van der Waals surface area contributed by atoms with E-state index in [1.807, 2.05) is 6.92 Å². The number of halogens is 1. The van der Waals surface area contributed by atoms with Crippen LogP contribution in [-0.4, -0.2) is 52.1 Å². The molecular formula is C15H21ClN2O6S. The molecule has 8 nitrogen and oxygen atoms in total. The van der Waals surface area contributed by atoms with Crippen molar-refractivity contribution >= 4 is 33.5 Å². The number of carbonyl (C=O) groups is 2. The van der Waals surface area contributed by atoms with Crippen LogP contribution in [0.2, 0.25) is 5.02 Å². The van der Waals surface area contributed by atoms with E-state index in [9.17, 15) is 18.0 Å². The highest BCUT2D eigenvalue weighted by Crippen LogP contribution is 2.23. The Morgan fingerprint density at radius 2 is 2.00 bits per heavy atom. The van der Waals surface area contributed by atoms with Crippen molar-refractivity contribution in [3.8, 4) is 0 Å². The smallest absolute Gasteiger partial charge is 0.340 e. The Kier molecular flexibility index (Phi) is 8.30. The van der Waals surface area contributed by atoms with Crippen LogP contribution in [0.3, 0.4) is 0 Å². The average molecular weight is 393 g/mol.